The lowest BCUT2D eigenvalue weighted by atomic mass is 10.00. The lowest BCUT2D eigenvalue weighted by Gasteiger charge is -2.25. The molecule has 0 aromatic heterocycles. The molecule has 4 aromatic rings. The number of benzene rings is 4. The fourth-order valence-corrected chi connectivity index (χ4v) is 5.11. The minimum Gasteiger partial charge on any atom is -0.497 e. The van der Waals surface area contributed by atoms with Crippen molar-refractivity contribution in [1.29, 1.82) is 0 Å². The zero-order valence-electron chi connectivity index (χ0n) is 21.7. The zero-order chi connectivity index (χ0) is 28.1. The smallest absolute Gasteiger partial charge is 0.272 e. The highest BCUT2D eigenvalue weighted by Gasteiger charge is 2.34. The summed E-state index contributed by atoms with van der Waals surface area (Å²) in [6.07, 6.45) is -1.22. The molecule has 0 saturated carbocycles. The molecule has 1 atom stereocenters. The number of para-hydroxylation sites is 1. The van der Waals surface area contributed by atoms with Gasteiger partial charge >= 0.3 is 0 Å². The van der Waals surface area contributed by atoms with Crippen molar-refractivity contribution in [2.45, 2.75) is 12.6 Å². The zero-order valence-corrected chi connectivity index (χ0v) is 23.3. The maximum atomic E-state index is 14.0. The van der Waals surface area contributed by atoms with Crippen LogP contribution in [0.25, 0.3) is 0 Å². The van der Waals surface area contributed by atoms with E-state index in [2.05, 4.69) is 21.2 Å². The van der Waals surface area contributed by atoms with E-state index in [0.717, 1.165) is 11.1 Å². The quantitative estimate of drug-likeness (QED) is 0.283. The van der Waals surface area contributed by atoms with Gasteiger partial charge < -0.3 is 15.0 Å². The van der Waals surface area contributed by atoms with Gasteiger partial charge in [0.2, 0.25) is 12.1 Å². The van der Waals surface area contributed by atoms with E-state index in [4.69, 9.17) is 9.73 Å². The second kappa shape index (κ2) is 12.1. The second-order valence-corrected chi connectivity index (χ2v) is 10.0. The lowest BCUT2D eigenvalue weighted by Crippen LogP contribution is -2.49. The molecule has 0 saturated heterocycles. The third kappa shape index (κ3) is 5.87. The first-order valence-corrected chi connectivity index (χ1v) is 13.5. The summed E-state index contributed by atoms with van der Waals surface area (Å²) >= 11 is 3.44. The minimum atomic E-state index is -1.24. The summed E-state index contributed by atoms with van der Waals surface area (Å²) in [5, 5.41) is 2.80. The molecule has 0 spiro atoms. The van der Waals surface area contributed by atoms with E-state index in [1.807, 2.05) is 60.7 Å². The number of anilines is 1. The third-order valence-corrected chi connectivity index (χ3v) is 7.22. The Labute approximate surface area is 240 Å². The van der Waals surface area contributed by atoms with Crippen LogP contribution in [0.2, 0.25) is 0 Å². The van der Waals surface area contributed by atoms with Crippen molar-refractivity contribution < 1.29 is 19.1 Å². The molecule has 200 valence electrons. The number of amides is 2. The number of methoxy groups -OCH3 is 1. The van der Waals surface area contributed by atoms with E-state index >= 15 is 0 Å². The molecule has 2 amide bonds. The Kier molecular flexibility index (Phi) is 8.17. The number of Topliss-reactive ketones (excluding diaryl/α,β-unsaturated/α-hetero) is 1. The molecule has 0 bridgehead atoms. The number of carbonyl (C=O) groups is 3. The van der Waals surface area contributed by atoms with Gasteiger partial charge in [-0.05, 0) is 29.8 Å². The summed E-state index contributed by atoms with van der Waals surface area (Å²) in [5.41, 5.74) is 3.75. The topological polar surface area (TPSA) is 88.1 Å². The summed E-state index contributed by atoms with van der Waals surface area (Å²) in [6.45, 7) is -0.224. The number of hydrogen-bond donors (Lipinski definition) is 1. The standard InChI is InChI=1S/C32H26BrN3O4/c1-40-23-13-9-10-21(18-23)19-29(38)34-31-32(39)36(20-28(37)24-14-5-7-16-26(24)33)27-17-8-6-15-25(27)30(35-31)22-11-3-2-4-12-22/h2-18,31H,19-20H2,1H3,(H,34,38)/t31-/m0/s1. The number of nitrogens with zero attached hydrogens (tertiary/aromatic N) is 2. The number of halogens is 1. The van der Waals surface area contributed by atoms with Crippen LogP contribution in [-0.4, -0.2) is 43.1 Å². The van der Waals surface area contributed by atoms with Crippen LogP contribution in [0.5, 0.6) is 5.75 Å². The van der Waals surface area contributed by atoms with Crippen molar-refractivity contribution in [3.63, 3.8) is 0 Å². The molecule has 8 heteroatoms. The van der Waals surface area contributed by atoms with E-state index < -0.39 is 12.1 Å². The molecule has 1 aliphatic heterocycles. The number of ether oxygens (including phenoxy) is 1. The Balaban J connectivity index is 1.53. The van der Waals surface area contributed by atoms with Crippen LogP contribution in [0.15, 0.2) is 113 Å². The molecule has 1 N–H and O–H groups in total. The van der Waals surface area contributed by atoms with Gasteiger partial charge in [0.25, 0.3) is 5.91 Å². The molecular weight excluding hydrogens is 570 g/mol. The van der Waals surface area contributed by atoms with Gasteiger partial charge in [-0.15, -0.1) is 0 Å². The van der Waals surface area contributed by atoms with Crippen LogP contribution in [-0.2, 0) is 16.0 Å². The maximum absolute atomic E-state index is 14.0. The van der Waals surface area contributed by atoms with Crippen LogP contribution in [0.3, 0.4) is 0 Å². The first-order chi connectivity index (χ1) is 19.4. The average molecular weight is 596 g/mol. The van der Waals surface area contributed by atoms with Crippen molar-refractivity contribution in [2.75, 3.05) is 18.6 Å². The van der Waals surface area contributed by atoms with Crippen LogP contribution >= 0.6 is 15.9 Å². The van der Waals surface area contributed by atoms with E-state index in [1.165, 1.54) is 4.90 Å². The molecule has 0 fully saturated rings. The Morgan fingerprint density at radius 3 is 2.42 bits per heavy atom. The highest BCUT2D eigenvalue weighted by Crippen LogP contribution is 2.29. The van der Waals surface area contributed by atoms with Crippen LogP contribution in [0, 0.1) is 0 Å². The van der Waals surface area contributed by atoms with Gasteiger partial charge in [-0.25, -0.2) is 4.99 Å². The molecule has 1 aliphatic rings. The van der Waals surface area contributed by atoms with Crippen LogP contribution in [0.1, 0.15) is 27.0 Å². The first-order valence-electron chi connectivity index (χ1n) is 12.7. The fraction of sp³-hybridized carbons (Fsp3) is 0.125. The largest absolute Gasteiger partial charge is 0.497 e. The summed E-state index contributed by atoms with van der Waals surface area (Å²) in [4.78, 5) is 46.8. The molecule has 0 aliphatic carbocycles. The number of fused-ring (bicyclic) bond motifs is 1. The number of carbonyl (C=O) groups excluding carboxylic acids is 3. The van der Waals surface area contributed by atoms with Crippen LogP contribution in [0.4, 0.5) is 5.69 Å². The minimum absolute atomic E-state index is 0.0278. The first kappa shape index (κ1) is 27.0. The summed E-state index contributed by atoms with van der Waals surface area (Å²) < 4.78 is 5.90. The summed E-state index contributed by atoms with van der Waals surface area (Å²) in [5.74, 6) is -0.503. The molecule has 0 unspecified atom stereocenters. The number of rotatable bonds is 8. The Hall–Kier alpha value is -4.56. The van der Waals surface area contributed by atoms with Crippen molar-refractivity contribution in [3.8, 4) is 5.75 Å². The Bertz CT molecular complexity index is 1600. The normalized spacial score (nSPS) is 14.6. The Morgan fingerprint density at radius 2 is 1.65 bits per heavy atom. The van der Waals surface area contributed by atoms with E-state index in [1.54, 1.807) is 49.6 Å². The van der Waals surface area contributed by atoms with Gasteiger partial charge in [0.1, 0.15) is 5.75 Å². The molecule has 40 heavy (non-hydrogen) atoms. The molecule has 5 rings (SSSR count). The molecule has 0 radical (unpaired) electrons. The van der Waals surface area contributed by atoms with Crippen molar-refractivity contribution >= 4 is 44.9 Å². The van der Waals surface area contributed by atoms with Gasteiger partial charge in [-0.3, -0.25) is 14.4 Å². The van der Waals surface area contributed by atoms with E-state index in [9.17, 15) is 14.4 Å². The molecule has 4 aromatic carbocycles. The number of aliphatic imine (C=N–C) groups is 1. The molecule has 1 heterocycles. The summed E-state index contributed by atoms with van der Waals surface area (Å²) in [7, 11) is 1.56. The van der Waals surface area contributed by atoms with Crippen molar-refractivity contribution in [2.24, 2.45) is 4.99 Å². The van der Waals surface area contributed by atoms with Crippen molar-refractivity contribution in [1.82, 2.24) is 5.32 Å². The molecule has 7 nitrogen and oxygen atoms in total. The summed E-state index contributed by atoms with van der Waals surface area (Å²) in [6, 6.07) is 31.1. The second-order valence-electron chi connectivity index (χ2n) is 9.19. The van der Waals surface area contributed by atoms with Crippen molar-refractivity contribution in [3.05, 3.63) is 130 Å². The predicted octanol–water partition coefficient (Wildman–Crippen LogP) is 5.21. The van der Waals surface area contributed by atoms with Crippen LogP contribution < -0.4 is 15.0 Å². The number of benzodiazepines with no additional fused rings is 1. The highest BCUT2D eigenvalue weighted by molar-refractivity contribution is 9.10. The van der Waals surface area contributed by atoms with Gasteiger partial charge in [-0.1, -0.05) is 94.8 Å². The van der Waals surface area contributed by atoms with E-state index in [0.29, 0.717) is 32.7 Å². The maximum Gasteiger partial charge on any atom is 0.272 e. The lowest BCUT2D eigenvalue weighted by molar-refractivity contribution is -0.127. The van der Waals surface area contributed by atoms with Gasteiger partial charge in [0.05, 0.1) is 31.5 Å². The average Bonchev–Trinajstić information content (AvgIpc) is 3.08. The highest BCUT2D eigenvalue weighted by atomic mass is 79.9. The predicted molar refractivity (Wildman–Crippen MR) is 158 cm³/mol. The van der Waals surface area contributed by atoms with Gasteiger partial charge in [0.15, 0.2) is 5.78 Å². The number of ketones is 1. The fourth-order valence-electron chi connectivity index (χ4n) is 4.60. The Morgan fingerprint density at radius 1 is 0.925 bits per heavy atom. The van der Waals surface area contributed by atoms with Gasteiger partial charge in [-0.2, -0.15) is 0 Å². The number of hydrogen-bond acceptors (Lipinski definition) is 5. The van der Waals surface area contributed by atoms with Gasteiger partial charge in [0, 0.05) is 21.2 Å². The van der Waals surface area contributed by atoms with E-state index in [-0.39, 0.29) is 24.7 Å². The SMILES string of the molecule is COc1cccc(CC(=O)N[C@H]2N=C(c3ccccc3)c3ccccc3N(CC(=O)c3ccccc3Br)C2=O)c1. The molecular formula is C32H26BrN3O4. The monoisotopic (exact) mass is 595 g/mol. The number of nitrogens with one attached hydrogen (secondary N) is 1. The third-order valence-electron chi connectivity index (χ3n) is 6.53.